The average Bonchev–Trinajstić information content (AvgIpc) is 2.72. The third-order valence-electron chi connectivity index (χ3n) is 11.7. The second-order valence-electron chi connectivity index (χ2n) is 14.0. The molecule has 5 rings (SSSR count). The van der Waals surface area contributed by atoms with E-state index in [4.69, 9.17) is 0 Å². The Morgan fingerprint density at radius 1 is 1.00 bits per heavy atom. The van der Waals surface area contributed by atoms with Crippen molar-refractivity contribution in [2.24, 2.45) is 44.8 Å². The number of aliphatic hydroxyl groups excluding tert-OH is 3. The van der Waals surface area contributed by atoms with Crippen LogP contribution in [0.15, 0.2) is 23.3 Å². The summed E-state index contributed by atoms with van der Waals surface area (Å²) in [6, 6.07) is 0. The van der Waals surface area contributed by atoms with Crippen LogP contribution in [0.25, 0.3) is 0 Å². The van der Waals surface area contributed by atoms with E-state index in [-0.39, 0.29) is 40.1 Å². The highest BCUT2D eigenvalue weighted by Gasteiger charge is 2.67. The van der Waals surface area contributed by atoms with Gasteiger partial charge in [0.05, 0.1) is 18.8 Å². The summed E-state index contributed by atoms with van der Waals surface area (Å²) >= 11 is 0. The number of rotatable bonds is 1. The molecule has 9 unspecified atom stereocenters. The average molecular weight is 457 g/mol. The van der Waals surface area contributed by atoms with Crippen molar-refractivity contribution in [3.8, 4) is 0 Å². The van der Waals surface area contributed by atoms with Gasteiger partial charge in [-0.3, -0.25) is 4.79 Å². The van der Waals surface area contributed by atoms with Crippen LogP contribution in [0.4, 0.5) is 0 Å². The number of carbonyl (C=O) groups is 1. The molecule has 3 saturated carbocycles. The fourth-order valence-corrected chi connectivity index (χ4v) is 9.60. The monoisotopic (exact) mass is 456 g/mol. The van der Waals surface area contributed by atoms with Crippen molar-refractivity contribution in [2.45, 2.75) is 98.7 Å². The minimum absolute atomic E-state index is 0.101. The van der Waals surface area contributed by atoms with Crippen molar-refractivity contribution < 1.29 is 20.1 Å². The standard InChI is InChI=1S/C29H44O4/c1-25(2)11-9-17-18(13-25)19-7-8-23-26(3)14-21(32)24(33)27(4,16-30)22(26)10-12-28(23,5)29(19,6)15-20(17)31/h7,10,17-18,21,23-24,30,32-33H,8-9,11-16H2,1-6H3. The van der Waals surface area contributed by atoms with Crippen molar-refractivity contribution in [3.05, 3.63) is 23.3 Å². The first-order valence-corrected chi connectivity index (χ1v) is 13.1. The quantitative estimate of drug-likeness (QED) is 0.494. The summed E-state index contributed by atoms with van der Waals surface area (Å²) in [6.45, 7) is 13.4. The molecule has 4 heteroatoms. The maximum absolute atomic E-state index is 13.6. The molecule has 0 radical (unpaired) electrons. The van der Waals surface area contributed by atoms with Crippen LogP contribution in [0, 0.1) is 44.8 Å². The Hall–Kier alpha value is -0.970. The van der Waals surface area contributed by atoms with Gasteiger partial charge in [-0.1, -0.05) is 64.8 Å². The lowest BCUT2D eigenvalue weighted by atomic mass is 9.36. The molecule has 0 aliphatic heterocycles. The van der Waals surface area contributed by atoms with Gasteiger partial charge in [-0.25, -0.2) is 0 Å². The Balaban J connectivity index is 1.62. The van der Waals surface area contributed by atoms with Gasteiger partial charge in [-0.2, -0.15) is 0 Å². The molecule has 0 spiro atoms. The van der Waals surface area contributed by atoms with Crippen LogP contribution in [-0.4, -0.2) is 39.9 Å². The summed E-state index contributed by atoms with van der Waals surface area (Å²) in [5, 5.41) is 32.1. The van der Waals surface area contributed by atoms with Gasteiger partial charge < -0.3 is 15.3 Å². The number of allylic oxidation sites excluding steroid dienone is 3. The predicted molar refractivity (Wildman–Crippen MR) is 129 cm³/mol. The molecular formula is C29H44O4. The van der Waals surface area contributed by atoms with E-state index >= 15 is 0 Å². The summed E-state index contributed by atoms with van der Waals surface area (Å²) in [7, 11) is 0. The van der Waals surface area contributed by atoms with E-state index in [0.717, 1.165) is 37.7 Å². The molecule has 5 aliphatic carbocycles. The van der Waals surface area contributed by atoms with Crippen LogP contribution in [-0.2, 0) is 4.79 Å². The van der Waals surface area contributed by atoms with Gasteiger partial charge >= 0.3 is 0 Å². The Labute approximate surface area is 199 Å². The third kappa shape index (κ3) is 2.90. The van der Waals surface area contributed by atoms with E-state index in [2.05, 4.69) is 46.8 Å². The topological polar surface area (TPSA) is 77.8 Å². The van der Waals surface area contributed by atoms with Crippen LogP contribution >= 0.6 is 0 Å². The molecular weight excluding hydrogens is 412 g/mol. The van der Waals surface area contributed by atoms with Crippen molar-refractivity contribution in [2.75, 3.05) is 6.61 Å². The maximum Gasteiger partial charge on any atom is 0.137 e. The van der Waals surface area contributed by atoms with E-state index in [1.54, 1.807) is 0 Å². The first-order chi connectivity index (χ1) is 15.2. The molecule has 9 atom stereocenters. The van der Waals surface area contributed by atoms with Crippen LogP contribution in [0.5, 0.6) is 0 Å². The number of fused-ring (bicyclic) bond motifs is 7. The lowest BCUT2D eigenvalue weighted by molar-refractivity contribution is -0.157. The summed E-state index contributed by atoms with van der Waals surface area (Å²) < 4.78 is 0. The normalized spacial score (nSPS) is 53.1. The zero-order valence-electron chi connectivity index (χ0n) is 21.4. The number of aliphatic hydroxyl groups is 3. The summed E-state index contributed by atoms with van der Waals surface area (Å²) in [4.78, 5) is 13.6. The van der Waals surface area contributed by atoms with E-state index in [9.17, 15) is 20.1 Å². The Morgan fingerprint density at radius 3 is 2.36 bits per heavy atom. The van der Waals surface area contributed by atoms with Crippen LogP contribution in [0.2, 0.25) is 0 Å². The van der Waals surface area contributed by atoms with Gasteiger partial charge in [0.25, 0.3) is 0 Å². The van der Waals surface area contributed by atoms with Crippen LogP contribution < -0.4 is 0 Å². The van der Waals surface area contributed by atoms with E-state index in [0.29, 0.717) is 24.5 Å². The number of ketones is 1. The predicted octanol–water partition coefficient (Wildman–Crippen LogP) is 4.82. The first kappa shape index (κ1) is 23.8. The summed E-state index contributed by atoms with van der Waals surface area (Å²) in [5.74, 6) is 1.26. The lowest BCUT2D eigenvalue weighted by Gasteiger charge is -2.68. The number of Topliss-reactive ketones (excluding diaryl/α,β-unsaturated/α-hetero) is 1. The second-order valence-corrected chi connectivity index (χ2v) is 14.0. The maximum atomic E-state index is 13.6. The Kier molecular flexibility index (Phi) is 5.07. The smallest absolute Gasteiger partial charge is 0.137 e. The van der Waals surface area contributed by atoms with Gasteiger partial charge in [-0.05, 0) is 66.6 Å². The van der Waals surface area contributed by atoms with Crippen molar-refractivity contribution >= 4 is 5.78 Å². The molecule has 0 aromatic rings. The van der Waals surface area contributed by atoms with E-state index < -0.39 is 17.6 Å². The highest BCUT2D eigenvalue weighted by molar-refractivity contribution is 5.85. The lowest BCUT2D eigenvalue weighted by Crippen LogP contribution is -2.64. The minimum atomic E-state index is -0.960. The second kappa shape index (κ2) is 7.04. The molecule has 0 aromatic heterocycles. The molecule has 0 bridgehead atoms. The molecule has 4 nitrogen and oxygen atoms in total. The highest BCUT2D eigenvalue weighted by Crippen LogP contribution is 2.72. The summed E-state index contributed by atoms with van der Waals surface area (Å²) in [5.41, 5.74) is 1.46. The van der Waals surface area contributed by atoms with E-state index in [1.807, 2.05) is 6.92 Å². The van der Waals surface area contributed by atoms with Crippen molar-refractivity contribution in [3.63, 3.8) is 0 Å². The molecule has 0 aromatic carbocycles. The Bertz CT molecular complexity index is 932. The zero-order valence-corrected chi connectivity index (χ0v) is 21.4. The SMILES string of the molecule is CC1(C)CCC2C(=O)CC3(C)C(=CCC4C5(C)CC(O)C(O)C(C)(CO)C5=CCC43C)C2C1. The highest BCUT2D eigenvalue weighted by atomic mass is 16.3. The van der Waals surface area contributed by atoms with Gasteiger partial charge in [0, 0.05) is 23.2 Å². The zero-order chi connectivity index (χ0) is 24.2. The molecule has 3 fully saturated rings. The molecule has 3 N–H and O–H groups in total. The third-order valence-corrected chi connectivity index (χ3v) is 11.7. The molecule has 0 amide bonds. The van der Waals surface area contributed by atoms with Gasteiger partial charge in [0.2, 0.25) is 0 Å². The first-order valence-electron chi connectivity index (χ1n) is 13.1. The van der Waals surface area contributed by atoms with Crippen molar-refractivity contribution in [1.29, 1.82) is 0 Å². The fraction of sp³-hybridized carbons (Fsp3) is 0.828. The van der Waals surface area contributed by atoms with Gasteiger partial charge in [0.1, 0.15) is 5.78 Å². The molecule has 5 aliphatic rings. The largest absolute Gasteiger partial charge is 0.395 e. The Morgan fingerprint density at radius 2 is 1.70 bits per heavy atom. The van der Waals surface area contributed by atoms with Crippen molar-refractivity contribution in [1.82, 2.24) is 0 Å². The fourth-order valence-electron chi connectivity index (χ4n) is 9.60. The van der Waals surface area contributed by atoms with E-state index in [1.165, 1.54) is 5.57 Å². The molecule has 33 heavy (non-hydrogen) atoms. The van der Waals surface area contributed by atoms with Gasteiger partial charge in [0.15, 0.2) is 0 Å². The molecule has 0 heterocycles. The molecule has 0 saturated heterocycles. The number of carbonyl (C=O) groups excluding carboxylic acids is 1. The number of hydrogen-bond acceptors (Lipinski definition) is 4. The summed E-state index contributed by atoms with van der Waals surface area (Å²) in [6.07, 6.45) is 9.10. The van der Waals surface area contributed by atoms with Crippen LogP contribution in [0.3, 0.4) is 0 Å². The number of hydrogen-bond donors (Lipinski definition) is 3. The van der Waals surface area contributed by atoms with Gasteiger partial charge in [-0.15, -0.1) is 0 Å². The molecule has 184 valence electrons. The van der Waals surface area contributed by atoms with Crippen LogP contribution in [0.1, 0.15) is 86.5 Å². The minimum Gasteiger partial charge on any atom is -0.395 e.